The highest BCUT2D eigenvalue weighted by Gasteiger charge is 2.30. The summed E-state index contributed by atoms with van der Waals surface area (Å²) >= 11 is 0. The molecule has 7 heteroatoms. The Hall–Kier alpha value is -2.83. The molecule has 1 amide bonds. The molecule has 2 aromatic rings. The molecule has 1 fully saturated rings. The van der Waals surface area contributed by atoms with E-state index in [2.05, 4.69) is 11.7 Å². The summed E-state index contributed by atoms with van der Waals surface area (Å²) in [6.45, 7) is 3.94. The monoisotopic (exact) mass is 470 g/mol. The van der Waals surface area contributed by atoms with Crippen LogP contribution in [-0.2, 0) is 27.2 Å². The predicted molar refractivity (Wildman–Crippen MR) is 131 cm³/mol. The van der Waals surface area contributed by atoms with Gasteiger partial charge < -0.3 is 19.6 Å². The average Bonchev–Trinajstić information content (AvgIpc) is 3.16. The van der Waals surface area contributed by atoms with Crippen LogP contribution in [0.2, 0.25) is 0 Å². The number of hydrogen-bond acceptors (Lipinski definition) is 5. The van der Waals surface area contributed by atoms with Crippen LogP contribution in [0.5, 0.6) is 5.75 Å². The standard InChI is InChI=1S/C27H38N2O5/c1-4-6-7-9-18-11-13-19(14-12-18)16-21-20(5-2)24(26(31)27(28)32)25-22(10-8-15-29(21)25)34-17-23(30)33-3/h8,10,15,18-19H,4-7,9,11-14,16-17H2,1-3H3,(H2,28,32). The molecule has 0 aliphatic heterocycles. The number of Topliss-reactive ketones (excluding diaryl/α,β-unsaturated/α-hetero) is 1. The van der Waals surface area contributed by atoms with Crippen LogP contribution in [0.25, 0.3) is 5.52 Å². The van der Waals surface area contributed by atoms with Crippen molar-refractivity contribution in [1.82, 2.24) is 4.40 Å². The van der Waals surface area contributed by atoms with Crippen molar-refractivity contribution in [2.75, 3.05) is 13.7 Å². The van der Waals surface area contributed by atoms with Crippen LogP contribution in [0.3, 0.4) is 0 Å². The Morgan fingerprint density at radius 3 is 2.41 bits per heavy atom. The molecule has 2 N–H and O–H groups in total. The second-order valence-electron chi connectivity index (χ2n) is 9.39. The number of ketones is 1. The van der Waals surface area contributed by atoms with Crippen LogP contribution >= 0.6 is 0 Å². The maximum Gasteiger partial charge on any atom is 0.343 e. The molecule has 34 heavy (non-hydrogen) atoms. The van der Waals surface area contributed by atoms with E-state index in [9.17, 15) is 14.4 Å². The molecular formula is C27H38N2O5. The summed E-state index contributed by atoms with van der Waals surface area (Å²) in [5.41, 5.74) is 8.07. The van der Waals surface area contributed by atoms with Gasteiger partial charge in [-0.25, -0.2) is 4.79 Å². The van der Waals surface area contributed by atoms with Crippen molar-refractivity contribution in [3.05, 3.63) is 35.2 Å². The number of nitrogens with zero attached hydrogens (tertiary/aromatic N) is 1. The molecule has 0 aromatic carbocycles. The minimum Gasteiger partial charge on any atom is -0.480 e. The second kappa shape index (κ2) is 12.0. The number of unbranched alkanes of at least 4 members (excludes halogenated alkanes) is 2. The highest BCUT2D eigenvalue weighted by atomic mass is 16.6. The molecule has 2 aromatic heterocycles. The van der Waals surface area contributed by atoms with Crippen LogP contribution in [0.4, 0.5) is 0 Å². The van der Waals surface area contributed by atoms with Crippen molar-refractivity contribution in [1.29, 1.82) is 0 Å². The summed E-state index contributed by atoms with van der Waals surface area (Å²) in [6.07, 6.45) is 13.4. The zero-order valence-electron chi connectivity index (χ0n) is 20.7. The number of esters is 1. The summed E-state index contributed by atoms with van der Waals surface area (Å²) in [5, 5.41) is 0. The van der Waals surface area contributed by atoms with E-state index >= 15 is 0 Å². The number of methoxy groups -OCH3 is 1. The van der Waals surface area contributed by atoms with Gasteiger partial charge in [0.15, 0.2) is 6.61 Å². The van der Waals surface area contributed by atoms with Crippen LogP contribution in [-0.4, -0.2) is 35.8 Å². The Kier molecular flexibility index (Phi) is 9.13. The first-order valence-corrected chi connectivity index (χ1v) is 12.6. The van der Waals surface area contributed by atoms with Gasteiger partial charge >= 0.3 is 5.97 Å². The largest absolute Gasteiger partial charge is 0.480 e. The minimum absolute atomic E-state index is 0.287. The van der Waals surface area contributed by atoms with Crippen LogP contribution < -0.4 is 10.5 Å². The fraction of sp³-hybridized carbons (Fsp3) is 0.593. The van der Waals surface area contributed by atoms with Crippen molar-refractivity contribution in [3.63, 3.8) is 0 Å². The van der Waals surface area contributed by atoms with Crippen molar-refractivity contribution in [3.8, 4) is 5.75 Å². The molecule has 1 aliphatic carbocycles. The zero-order valence-corrected chi connectivity index (χ0v) is 20.7. The fourth-order valence-electron chi connectivity index (χ4n) is 5.35. The molecule has 0 unspecified atom stereocenters. The van der Waals surface area contributed by atoms with Gasteiger partial charge in [-0.2, -0.15) is 0 Å². The lowest BCUT2D eigenvalue weighted by molar-refractivity contribution is -0.142. The van der Waals surface area contributed by atoms with Crippen molar-refractivity contribution >= 4 is 23.2 Å². The third-order valence-corrected chi connectivity index (χ3v) is 7.18. The van der Waals surface area contributed by atoms with Gasteiger partial charge in [-0.15, -0.1) is 0 Å². The Labute approximate surface area is 202 Å². The smallest absolute Gasteiger partial charge is 0.343 e. The molecule has 0 radical (unpaired) electrons. The molecule has 3 rings (SSSR count). The van der Waals surface area contributed by atoms with E-state index < -0.39 is 17.7 Å². The Morgan fingerprint density at radius 2 is 1.79 bits per heavy atom. The lowest BCUT2D eigenvalue weighted by Gasteiger charge is -2.29. The van der Waals surface area contributed by atoms with E-state index in [0.29, 0.717) is 29.2 Å². The van der Waals surface area contributed by atoms with Crippen molar-refractivity contribution in [2.45, 2.75) is 78.1 Å². The predicted octanol–water partition coefficient (Wildman–Crippen LogP) is 4.65. The Balaban J connectivity index is 1.93. The van der Waals surface area contributed by atoms with Gasteiger partial charge in [0.05, 0.1) is 18.2 Å². The van der Waals surface area contributed by atoms with E-state index in [1.54, 1.807) is 6.07 Å². The third kappa shape index (κ3) is 5.80. The van der Waals surface area contributed by atoms with E-state index in [0.717, 1.165) is 23.6 Å². The van der Waals surface area contributed by atoms with Crippen LogP contribution in [0.1, 0.15) is 86.8 Å². The highest BCUT2D eigenvalue weighted by molar-refractivity contribution is 6.44. The number of rotatable bonds is 12. The van der Waals surface area contributed by atoms with Gasteiger partial charge in [0.25, 0.3) is 11.7 Å². The molecule has 0 spiro atoms. The lowest BCUT2D eigenvalue weighted by atomic mass is 9.77. The number of amides is 1. The summed E-state index contributed by atoms with van der Waals surface area (Å²) in [5.74, 6) is -0.538. The number of fused-ring (bicyclic) bond motifs is 1. The maximum absolute atomic E-state index is 12.9. The van der Waals surface area contributed by atoms with E-state index in [-0.39, 0.29) is 6.61 Å². The first-order chi connectivity index (χ1) is 16.4. The molecule has 0 saturated heterocycles. The number of ether oxygens (including phenoxy) is 2. The molecule has 0 atom stereocenters. The number of carbonyl (C=O) groups is 3. The number of primary amides is 1. The number of nitrogens with two attached hydrogens (primary N) is 1. The number of aromatic nitrogens is 1. The number of hydrogen-bond donors (Lipinski definition) is 1. The Bertz CT molecular complexity index is 1020. The lowest BCUT2D eigenvalue weighted by Crippen LogP contribution is -2.24. The molecule has 1 saturated carbocycles. The highest BCUT2D eigenvalue weighted by Crippen LogP contribution is 2.37. The van der Waals surface area contributed by atoms with E-state index in [1.807, 2.05) is 23.6 Å². The fourth-order valence-corrected chi connectivity index (χ4v) is 5.35. The normalized spacial score (nSPS) is 18.1. The summed E-state index contributed by atoms with van der Waals surface area (Å²) < 4.78 is 12.3. The van der Waals surface area contributed by atoms with Crippen molar-refractivity contribution in [2.24, 2.45) is 17.6 Å². The topological polar surface area (TPSA) is 100 Å². The summed E-state index contributed by atoms with van der Waals surface area (Å²) in [4.78, 5) is 36.5. The first kappa shape index (κ1) is 25.8. The van der Waals surface area contributed by atoms with Gasteiger partial charge in [0.1, 0.15) is 5.75 Å². The Morgan fingerprint density at radius 1 is 1.09 bits per heavy atom. The van der Waals surface area contributed by atoms with Gasteiger partial charge in [-0.05, 0) is 55.2 Å². The van der Waals surface area contributed by atoms with Gasteiger partial charge in [0, 0.05) is 11.9 Å². The molecule has 186 valence electrons. The first-order valence-electron chi connectivity index (χ1n) is 12.6. The number of pyridine rings is 1. The molecular weight excluding hydrogens is 432 g/mol. The summed E-state index contributed by atoms with van der Waals surface area (Å²) in [7, 11) is 1.29. The summed E-state index contributed by atoms with van der Waals surface area (Å²) in [6, 6.07) is 3.52. The van der Waals surface area contributed by atoms with Gasteiger partial charge in [0.2, 0.25) is 0 Å². The van der Waals surface area contributed by atoms with E-state index in [1.165, 1.54) is 58.5 Å². The minimum atomic E-state index is -0.996. The quantitative estimate of drug-likeness (QED) is 0.211. The number of carbonyl (C=O) groups excluding carboxylic acids is 3. The van der Waals surface area contributed by atoms with Crippen LogP contribution in [0, 0.1) is 11.8 Å². The molecule has 0 bridgehead atoms. The third-order valence-electron chi connectivity index (χ3n) is 7.18. The zero-order chi connectivity index (χ0) is 24.7. The molecule has 2 heterocycles. The molecule has 1 aliphatic rings. The maximum atomic E-state index is 12.9. The van der Waals surface area contributed by atoms with Crippen LogP contribution in [0.15, 0.2) is 18.3 Å². The SMILES string of the molecule is CCCCCC1CCC(Cc2c(CC)c(C(=O)C(N)=O)c3c(OCC(=O)OC)cccn23)CC1. The second-order valence-corrected chi connectivity index (χ2v) is 9.39. The van der Waals surface area contributed by atoms with Crippen molar-refractivity contribution < 1.29 is 23.9 Å². The van der Waals surface area contributed by atoms with Gasteiger partial charge in [-0.3, -0.25) is 9.59 Å². The van der Waals surface area contributed by atoms with Gasteiger partial charge in [-0.1, -0.05) is 52.4 Å². The molecule has 7 nitrogen and oxygen atoms in total. The van der Waals surface area contributed by atoms with E-state index in [4.69, 9.17) is 10.5 Å². The average molecular weight is 471 g/mol.